The number of aliphatic carboxylic acids is 1. The molecule has 0 fully saturated rings. The first-order chi connectivity index (χ1) is 6.28. The van der Waals surface area contributed by atoms with Gasteiger partial charge < -0.3 is 5.11 Å². The van der Waals surface area contributed by atoms with Gasteiger partial charge in [0.1, 0.15) is 0 Å². The fraction of sp³-hybridized carbons (Fsp3) is 0.286. The third-order valence-electron chi connectivity index (χ3n) is 1.72. The normalized spacial score (nSPS) is 32.9. The second kappa shape index (κ2) is 3.09. The molecule has 0 heterocycles. The molecule has 0 saturated heterocycles. The van der Waals surface area contributed by atoms with Crippen molar-refractivity contribution in [3.05, 3.63) is 23.3 Å². The van der Waals surface area contributed by atoms with Crippen molar-refractivity contribution in [3.8, 4) is 0 Å². The van der Waals surface area contributed by atoms with E-state index in [2.05, 4.69) is 5.73 Å². The van der Waals surface area contributed by atoms with Crippen LogP contribution in [0.15, 0.2) is 23.3 Å². The maximum Gasteiger partial charge on any atom is 0.338 e. The van der Waals surface area contributed by atoms with Crippen LogP contribution in [0.1, 0.15) is 0 Å². The van der Waals surface area contributed by atoms with Gasteiger partial charge in [-0.05, 0) is 6.08 Å². The van der Waals surface area contributed by atoms with Gasteiger partial charge in [0.25, 0.3) is 0 Å². The lowest BCUT2D eigenvalue weighted by atomic mass is 9.97. The fourth-order valence-corrected chi connectivity index (χ4v) is 0.912. The number of carboxylic acids is 1. The SMILES string of the molecule is NC1(F)C(F)=CC(C(=O)O)=C(F)C1F. The average Bonchev–Trinajstić information content (AvgIpc) is 2.08. The predicted octanol–water partition coefficient (Wildman–Crippen LogP) is 1.12. The van der Waals surface area contributed by atoms with Gasteiger partial charge in [-0.2, -0.15) is 0 Å². The highest BCUT2D eigenvalue weighted by Crippen LogP contribution is 2.36. The van der Waals surface area contributed by atoms with Gasteiger partial charge in [0.05, 0.1) is 5.57 Å². The zero-order valence-electron chi connectivity index (χ0n) is 6.60. The van der Waals surface area contributed by atoms with Crippen molar-refractivity contribution in [1.82, 2.24) is 0 Å². The van der Waals surface area contributed by atoms with E-state index in [0.717, 1.165) is 0 Å². The predicted molar refractivity (Wildman–Crippen MR) is 37.9 cm³/mol. The van der Waals surface area contributed by atoms with Gasteiger partial charge in [0, 0.05) is 0 Å². The smallest absolute Gasteiger partial charge is 0.338 e. The number of carboxylic acid groups (broad SMARTS) is 1. The molecule has 1 rings (SSSR count). The van der Waals surface area contributed by atoms with Gasteiger partial charge in [-0.1, -0.05) is 0 Å². The van der Waals surface area contributed by atoms with Gasteiger partial charge in [0.2, 0.25) is 12.0 Å². The highest BCUT2D eigenvalue weighted by molar-refractivity contribution is 5.91. The maximum atomic E-state index is 12.8. The molecule has 7 heteroatoms. The van der Waals surface area contributed by atoms with Crippen LogP contribution in [0.4, 0.5) is 17.6 Å². The molecule has 1 aliphatic carbocycles. The van der Waals surface area contributed by atoms with Crippen molar-refractivity contribution in [2.75, 3.05) is 0 Å². The molecule has 0 spiro atoms. The van der Waals surface area contributed by atoms with E-state index >= 15 is 0 Å². The molecule has 0 saturated carbocycles. The summed E-state index contributed by atoms with van der Waals surface area (Å²) in [6.45, 7) is 0. The summed E-state index contributed by atoms with van der Waals surface area (Å²) in [7, 11) is 0. The Morgan fingerprint density at radius 1 is 1.57 bits per heavy atom. The van der Waals surface area contributed by atoms with E-state index in [1.165, 1.54) is 0 Å². The van der Waals surface area contributed by atoms with Crippen LogP contribution in [0.5, 0.6) is 0 Å². The minimum atomic E-state index is -3.64. The molecule has 1 aliphatic rings. The second-order valence-electron chi connectivity index (χ2n) is 2.69. The quantitative estimate of drug-likeness (QED) is 0.504. The van der Waals surface area contributed by atoms with Gasteiger partial charge >= 0.3 is 5.97 Å². The van der Waals surface area contributed by atoms with E-state index in [4.69, 9.17) is 5.11 Å². The summed E-state index contributed by atoms with van der Waals surface area (Å²) >= 11 is 0. The summed E-state index contributed by atoms with van der Waals surface area (Å²) in [5.41, 5.74) is 3.20. The van der Waals surface area contributed by atoms with E-state index in [1.54, 1.807) is 0 Å². The van der Waals surface area contributed by atoms with Crippen molar-refractivity contribution < 1.29 is 27.5 Å². The van der Waals surface area contributed by atoms with E-state index in [1.807, 2.05) is 0 Å². The maximum absolute atomic E-state index is 12.8. The Morgan fingerprint density at radius 2 is 2.07 bits per heavy atom. The molecule has 0 aromatic heterocycles. The Hall–Kier alpha value is -1.37. The summed E-state index contributed by atoms with van der Waals surface area (Å²) in [5.74, 6) is -9.31. The zero-order valence-corrected chi connectivity index (χ0v) is 6.60. The number of rotatable bonds is 1. The van der Waals surface area contributed by atoms with E-state index in [0.29, 0.717) is 0 Å². The molecular weight excluding hydrogens is 206 g/mol. The van der Waals surface area contributed by atoms with Gasteiger partial charge in [-0.3, -0.25) is 5.73 Å². The Balaban J connectivity index is 3.27. The summed E-state index contributed by atoms with van der Waals surface area (Å²) in [6, 6.07) is 0. The molecule has 2 atom stereocenters. The zero-order chi connectivity index (χ0) is 11.1. The first-order valence-corrected chi connectivity index (χ1v) is 3.41. The first-order valence-electron chi connectivity index (χ1n) is 3.41. The average molecular weight is 211 g/mol. The summed E-state index contributed by atoms with van der Waals surface area (Å²) in [6.07, 6.45) is -3.12. The van der Waals surface area contributed by atoms with Crippen LogP contribution in [-0.4, -0.2) is 23.0 Å². The highest BCUT2D eigenvalue weighted by Gasteiger charge is 2.48. The van der Waals surface area contributed by atoms with Crippen molar-refractivity contribution in [2.45, 2.75) is 12.0 Å². The minimum absolute atomic E-state index is 0.0216. The monoisotopic (exact) mass is 211 g/mol. The number of alkyl halides is 2. The molecule has 0 aromatic rings. The third kappa shape index (κ3) is 1.39. The van der Waals surface area contributed by atoms with Crippen LogP contribution in [0.3, 0.4) is 0 Å². The molecule has 0 amide bonds. The Morgan fingerprint density at radius 3 is 2.50 bits per heavy atom. The molecule has 2 unspecified atom stereocenters. The van der Waals surface area contributed by atoms with Gasteiger partial charge in [-0.25, -0.2) is 22.4 Å². The van der Waals surface area contributed by atoms with E-state index < -0.39 is 35.2 Å². The van der Waals surface area contributed by atoms with E-state index in [9.17, 15) is 22.4 Å². The summed E-state index contributed by atoms with van der Waals surface area (Å²) < 4.78 is 51.0. The topological polar surface area (TPSA) is 63.3 Å². The molecule has 78 valence electrons. The van der Waals surface area contributed by atoms with Crippen LogP contribution in [-0.2, 0) is 4.79 Å². The van der Waals surface area contributed by atoms with Crippen LogP contribution < -0.4 is 5.73 Å². The van der Waals surface area contributed by atoms with E-state index in [-0.39, 0.29) is 6.08 Å². The minimum Gasteiger partial charge on any atom is -0.478 e. The van der Waals surface area contributed by atoms with Gasteiger partial charge in [0.15, 0.2) is 11.7 Å². The van der Waals surface area contributed by atoms with Crippen molar-refractivity contribution in [1.29, 1.82) is 0 Å². The lowest BCUT2D eigenvalue weighted by Crippen LogP contribution is -2.47. The molecule has 14 heavy (non-hydrogen) atoms. The van der Waals surface area contributed by atoms with Crippen LogP contribution in [0.2, 0.25) is 0 Å². The number of nitrogens with two attached hydrogens (primary N) is 1. The molecule has 0 radical (unpaired) electrons. The molecule has 3 nitrogen and oxygen atoms in total. The molecule has 0 aromatic carbocycles. The number of hydrogen-bond acceptors (Lipinski definition) is 2. The summed E-state index contributed by atoms with van der Waals surface area (Å²) in [5, 5.41) is 8.28. The van der Waals surface area contributed by atoms with Gasteiger partial charge in [-0.15, -0.1) is 0 Å². The molecule has 0 aliphatic heterocycles. The molecular formula is C7H5F4NO2. The Kier molecular flexibility index (Phi) is 2.36. The number of hydrogen-bond donors (Lipinski definition) is 2. The van der Waals surface area contributed by atoms with Crippen LogP contribution >= 0.6 is 0 Å². The molecule has 0 bridgehead atoms. The van der Waals surface area contributed by atoms with Crippen molar-refractivity contribution in [3.63, 3.8) is 0 Å². The third-order valence-corrected chi connectivity index (χ3v) is 1.72. The standard InChI is InChI=1S/C7H5F4NO2/c8-3-1-2(6(13)14)4(9)5(10)7(3,11)12/h1,5H,12H2,(H,13,14). The summed E-state index contributed by atoms with van der Waals surface area (Å²) in [4.78, 5) is 10.2. The van der Waals surface area contributed by atoms with Crippen LogP contribution in [0, 0.1) is 0 Å². The lowest BCUT2D eigenvalue weighted by Gasteiger charge is -2.25. The largest absolute Gasteiger partial charge is 0.478 e. The number of carbonyl (C=O) groups is 1. The highest BCUT2D eigenvalue weighted by atomic mass is 19.2. The van der Waals surface area contributed by atoms with Crippen LogP contribution in [0.25, 0.3) is 0 Å². The fourth-order valence-electron chi connectivity index (χ4n) is 0.912. The Labute approximate surface area is 75.5 Å². The van der Waals surface area contributed by atoms with Crippen molar-refractivity contribution in [2.24, 2.45) is 5.73 Å². The second-order valence-corrected chi connectivity index (χ2v) is 2.69. The van der Waals surface area contributed by atoms with Crippen molar-refractivity contribution >= 4 is 5.97 Å². The first kappa shape index (κ1) is 10.7. The Bertz CT molecular complexity index is 348. The number of halogens is 4. The lowest BCUT2D eigenvalue weighted by molar-refractivity contribution is -0.132. The molecule has 3 N–H and O–H groups in total.